The Kier molecular flexibility index (Phi) is 8.62. The van der Waals surface area contributed by atoms with Gasteiger partial charge in [0.1, 0.15) is 0 Å². The average Bonchev–Trinajstić information content (AvgIpc) is 3.81. The van der Waals surface area contributed by atoms with E-state index in [0.29, 0.717) is 11.8 Å². The molecule has 5 aliphatic rings. The summed E-state index contributed by atoms with van der Waals surface area (Å²) in [5.41, 5.74) is 25.7. The number of rotatable bonds is 4. The summed E-state index contributed by atoms with van der Waals surface area (Å²) in [6.45, 7) is 15.0. The zero-order chi connectivity index (χ0) is 44.0. The van der Waals surface area contributed by atoms with Crippen molar-refractivity contribution in [2.24, 2.45) is 0 Å². The minimum atomic E-state index is -0.155. The van der Waals surface area contributed by atoms with E-state index < -0.39 is 0 Å². The lowest BCUT2D eigenvalue weighted by molar-refractivity contribution is 0.444. The van der Waals surface area contributed by atoms with Gasteiger partial charge in [-0.05, 0) is 196 Å². The second-order valence-electron chi connectivity index (χ2n) is 22.4. The van der Waals surface area contributed by atoms with Gasteiger partial charge in [0, 0.05) is 16.2 Å². The van der Waals surface area contributed by atoms with Crippen LogP contribution < -0.4 is 0 Å². The van der Waals surface area contributed by atoms with Gasteiger partial charge in [-0.3, -0.25) is 0 Å². The first-order chi connectivity index (χ1) is 31.5. The summed E-state index contributed by atoms with van der Waals surface area (Å²) in [5, 5.41) is 5.55. The molecule has 0 radical (unpaired) electrons. The zero-order valence-electron chi connectivity index (χ0n) is 39.4. The van der Waals surface area contributed by atoms with Gasteiger partial charge in [-0.25, -0.2) is 0 Å². The normalized spacial score (nSPS) is 18.9. The lowest BCUT2D eigenvalue weighted by atomic mass is 9.77. The molecule has 5 aliphatic carbocycles. The summed E-state index contributed by atoms with van der Waals surface area (Å²) < 4.78 is 0. The van der Waals surface area contributed by atoms with Crippen molar-refractivity contribution in [3.63, 3.8) is 0 Å². The lowest BCUT2D eigenvalue weighted by Crippen LogP contribution is -2.17. The van der Waals surface area contributed by atoms with Gasteiger partial charge in [-0.15, -0.1) is 0 Å². The van der Waals surface area contributed by atoms with E-state index in [0.717, 1.165) is 0 Å². The van der Waals surface area contributed by atoms with E-state index in [4.69, 9.17) is 0 Å². The van der Waals surface area contributed by atoms with Crippen LogP contribution in [-0.2, 0) is 16.2 Å². The van der Waals surface area contributed by atoms with E-state index in [1.165, 1.54) is 175 Å². The number of hydrogen-bond acceptors (Lipinski definition) is 0. The van der Waals surface area contributed by atoms with Gasteiger partial charge in [-0.1, -0.05) is 177 Å². The molecule has 0 aromatic heterocycles. The molecule has 0 heteroatoms. The van der Waals surface area contributed by atoms with Gasteiger partial charge >= 0.3 is 0 Å². The predicted octanol–water partition coefficient (Wildman–Crippen LogP) is 18.3. The maximum atomic E-state index is 2.64. The quantitative estimate of drug-likeness (QED) is 0.166. The topological polar surface area (TPSA) is 0 Å². The van der Waals surface area contributed by atoms with Gasteiger partial charge < -0.3 is 0 Å². The van der Waals surface area contributed by atoms with Crippen LogP contribution in [0, 0.1) is 0 Å². The summed E-state index contributed by atoms with van der Waals surface area (Å²) >= 11 is 0. The highest BCUT2D eigenvalue weighted by Gasteiger charge is 2.46. The molecule has 65 heavy (non-hydrogen) atoms. The smallest absolute Gasteiger partial charge is 0.0159 e. The van der Waals surface area contributed by atoms with Gasteiger partial charge in [0.05, 0.1) is 0 Å². The molecule has 8 aromatic rings. The van der Waals surface area contributed by atoms with Gasteiger partial charge in [0.15, 0.2) is 0 Å². The van der Waals surface area contributed by atoms with Crippen molar-refractivity contribution in [1.82, 2.24) is 0 Å². The summed E-state index contributed by atoms with van der Waals surface area (Å²) in [5.74, 6) is 1.29. The third-order valence-corrected chi connectivity index (χ3v) is 17.9. The van der Waals surface area contributed by atoms with E-state index in [2.05, 4.69) is 175 Å². The molecular weight excluding hydrogens is 781 g/mol. The standard InChI is InChI=1S/C65H62/c1-63(2)55-37-53-57(64(3,4)59-33-49(45-29-17-19-31-47(45)61(53)59)43-27-15-13-25-41(43)39-21-9-7-10-22-39)35-51(55)52-36-58-54(38-56(52)63)62-48-32-20-18-30-46(48)50(34-60(62)65(58,5)6)44-28-16-14-26-42(44)40-23-11-8-12-24-40/h13-20,25-40H,7-12,21-24H2,1-6H3. The fourth-order valence-corrected chi connectivity index (χ4v) is 14.3. The largest absolute Gasteiger partial charge is 0.0619 e. The van der Waals surface area contributed by atoms with Gasteiger partial charge in [0.25, 0.3) is 0 Å². The summed E-state index contributed by atoms with van der Waals surface area (Å²) in [7, 11) is 0. The van der Waals surface area contributed by atoms with E-state index in [9.17, 15) is 0 Å². The van der Waals surface area contributed by atoms with E-state index >= 15 is 0 Å². The Bertz CT molecular complexity index is 3080. The minimum Gasteiger partial charge on any atom is -0.0619 e. The third-order valence-electron chi connectivity index (χ3n) is 17.9. The van der Waals surface area contributed by atoms with E-state index in [-0.39, 0.29) is 16.2 Å². The molecule has 13 rings (SSSR count). The fraction of sp³-hybridized carbons (Fsp3) is 0.323. The number of hydrogen-bond donors (Lipinski definition) is 0. The molecule has 2 saturated carbocycles. The molecule has 0 spiro atoms. The second-order valence-corrected chi connectivity index (χ2v) is 22.4. The highest BCUT2D eigenvalue weighted by atomic mass is 14.5. The van der Waals surface area contributed by atoms with Crippen molar-refractivity contribution in [1.29, 1.82) is 0 Å². The summed E-state index contributed by atoms with van der Waals surface area (Å²) in [4.78, 5) is 0. The Labute approximate surface area is 387 Å². The summed E-state index contributed by atoms with van der Waals surface area (Å²) in [6.07, 6.45) is 13.3. The summed E-state index contributed by atoms with van der Waals surface area (Å²) in [6, 6.07) is 53.2. The third kappa shape index (κ3) is 5.56. The molecule has 322 valence electrons. The molecule has 0 unspecified atom stereocenters. The van der Waals surface area contributed by atoms with Crippen molar-refractivity contribution in [3.8, 4) is 55.6 Å². The van der Waals surface area contributed by atoms with E-state index in [1.54, 1.807) is 11.1 Å². The van der Waals surface area contributed by atoms with Crippen LogP contribution in [0.1, 0.15) is 162 Å². The van der Waals surface area contributed by atoms with Crippen LogP contribution in [0.2, 0.25) is 0 Å². The second kappa shape index (κ2) is 14.1. The van der Waals surface area contributed by atoms with Gasteiger partial charge in [-0.2, -0.15) is 0 Å². The van der Waals surface area contributed by atoms with Gasteiger partial charge in [0.2, 0.25) is 0 Å². The first-order valence-electron chi connectivity index (χ1n) is 25.2. The zero-order valence-corrected chi connectivity index (χ0v) is 39.4. The molecule has 8 aromatic carbocycles. The molecule has 0 heterocycles. The molecule has 0 bridgehead atoms. The first kappa shape index (κ1) is 39.6. The molecule has 0 aliphatic heterocycles. The molecule has 0 N–H and O–H groups in total. The number of benzene rings is 8. The first-order valence-corrected chi connectivity index (χ1v) is 25.2. The lowest BCUT2D eigenvalue weighted by Gasteiger charge is -2.27. The van der Waals surface area contributed by atoms with Crippen LogP contribution in [0.3, 0.4) is 0 Å². The Morgan fingerprint density at radius 2 is 0.600 bits per heavy atom. The van der Waals surface area contributed by atoms with Crippen molar-refractivity contribution in [3.05, 3.63) is 178 Å². The molecule has 0 saturated heterocycles. The monoisotopic (exact) mass is 842 g/mol. The van der Waals surface area contributed by atoms with Crippen LogP contribution in [0.25, 0.3) is 77.2 Å². The van der Waals surface area contributed by atoms with Crippen LogP contribution >= 0.6 is 0 Å². The molecule has 0 nitrogen and oxygen atoms in total. The van der Waals surface area contributed by atoms with Crippen LogP contribution in [-0.4, -0.2) is 0 Å². The van der Waals surface area contributed by atoms with Crippen molar-refractivity contribution in [2.75, 3.05) is 0 Å². The predicted molar refractivity (Wildman–Crippen MR) is 277 cm³/mol. The molecular formula is C65H62. The Balaban J connectivity index is 0.970. The van der Waals surface area contributed by atoms with Crippen LogP contribution in [0.5, 0.6) is 0 Å². The highest BCUT2D eigenvalue weighted by molar-refractivity contribution is 6.12. The molecule has 0 atom stereocenters. The number of fused-ring (bicyclic) bond motifs is 13. The van der Waals surface area contributed by atoms with E-state index in [1.807, 2.05) is 0 Å². The Morgan fingerprint density at radius 1 is 0.292 bits per heavy atom. The maximum Gasteiger partial charge on any atom is 0.0159 e. The van der Waals surface area contributed by atoms with Crippen LogP contribution in [0.15, 0.2) is 133 Å². The highest BCUT2D eigenvalue weighted by Crippen LogP contribution is 2.62. The molecule has 2 fully saturated rings. The van der Waals surface area contributed by atoms with Crippen molar-refractivity contribution >= 4 is 21.5 Å². The van der Waals surface area contributed by atoms with Crippen molar-refractivity contribution < 1.29 is 0 Å². The SMILES string of the molecule is CC1(C)c2cc3c(cc2-c2cc4c(cc21)-c1c(cc(-c2ccccc2C2CCCCC2)c2ccccc12)C4(C)C)C(C)(C)c1cc(-c2ccccc2C2CCCCC2)c2ccccc2c1-3. The molecule has 0 amide bonds. The van der Waals surface area contributed by atoms with Crippen LogP contribution in [0.4, 0.5) is 0 Å². The fourth-order valence-electron chi connectivity index (χ4n) is 14.3. The van der Waals surface area contributed by atoms with Crippen molar-refractivity contribution in [2.45, 2.75) is 134 Å². The Morgan fingerprint density at radius 3 is 1.02 bits per heavy atom. The Hall–Kier alpha value is -5.72. The average molecular weight is 843 g/mol. The maximum absolute atomic E-state index is 2.64. The minimum absolute atomic E-state index is 0.152.